The SMILES string of the molecule is CNOS(=O)(=O)CCCCN1C(=O)Cc2c(c(C3(OC)CCCC3)cc3ccccc23)C1=O. The van der Waals surface area contributed by atoms with E-state index in [0.29, 0.717) is 12.0 Å². The summed E-state index contributed by atoms with van der Waals surface area (Å²) < 4.78 is 34.0. The van der Waals surface area contributed by atoms with Gasteiger partial charge in [-0.3, -0.25) is 14.5 Å². The molecule has 1 fully saturated rings. The van der Waals surface area contributed by atoms with E-state index in [2.05, 4.69) is 15.8 Å². The van der Waals surface area contributed by atoms with E-state index in [4.69, 9.17) is 4.74 Å². The lowest BCUT2D eigenvalue weighted by atomic mass is 9.80. The first kappa shape index (κ1) is 23.8. The summed E-state index contributed by atoms with van der Waals surface area (Å²) in [4.78, 5) is 28.0. The zero-order valence-electron chi connectivity index (χ0n) is 19.1. The van der Waals surface area contributed by atoms with Crippen molar-refractivity contribution in [3.05, 3.63) is 47.0 Å². The number of hydroxylamine groups is 1. The number of amides is 2. The lowest BCUT2D eigenvalue weighted by Crippen LogP contribution is -2.45. The highest BCUT2D eigenvalue weighted by Crippen LogP contribution is 2.46. The van der Waals surface area contributed by atoms with Crippen molar-refractivity contribution in [2.24, 2.45) is 0 Å². The number of nitrogens with zero attached hydrogens (tertiary/aromatic N) is 1. The highest BCUT2D eigenvalue weighted by atomic mass is 32.2. The second-order valence-electron chi connectivity index (χ2n) is 8.69. The van der Waals surface area contributed by atoms with E-state index in [9.17, 15) is 18.0 Å². The van der Waals surface area contributed by atoms with Crippen LogP contribution in [-0.4, -0.2) is 51.6 Å². The van der Waals surface area contributed by atoms with E-state index in [-0.39, 0.29) is 37.0 Å². The Morgan fingerprint density at radius 3 is 2.55 bits per heavy atom. The molecule has 0 bridgehead atoms. The minimum Gasteiger partial charge on any atom is -0.374 e. The number of carbonyl (C=O) groups excluding carboxylic acids is 2. The van der Waals surface area contributed by atoms with Gasteiger partial charge in [-0.05, 0) is 53.6 Å². The molecule has 0 aromatic heterocycles. The summed E-state index contributed by atoms with van der Waals surface area (Å²) in [6, 6.07) is 9.88. The molecular formula is C24H30N2O6S. The molecular weight excluding hydrogens is 444 g/mol. The van der Waals surface area contributed by atoms with Crippen molar-refractivity contribution in [1.29, 1.82) is 0 Å². The molecule has 0 spiro atoms. The Balaban J connectivity index is 1.67. The van der Waals surface area contributed by atoms with Gasteiger partial charge in [-0.15, -0.1) is 0 Å². The van der Waals surface area contributed by atoms with E-state index in [1.54, 1.807) is 7.11 Å². The number of carbonyl (C=O) groups is 2. The molecule has 4 rings (SSSR count). The molecule has 33 heavy (non-hydrogen) atoms. The van der Waals surface area contributed by atoms with Crippen molar-refractivity contribution >= 4 is 32.7 Å². The lowest BCUT2D eigenvalue weighted by Gasteiger charge is -2.35. The minimum atomic E-state index is -3.68. The molecule has 9 heteroatoms. The lowest BCUT2D eigenvalue weighted by molar-refractivity contribution is -0.128. The average molecular weight is 475 g/mol. The fraction of sp³-hybridized carbons (Fsp3) is 0.500. The Morgan fingerprint density at radius 2 is 1.85 bits per heavy atom. The summed E-state index contributed by atoms with van der Waals surface area (Å²) in [7, 11) is -0.615. The molecule has 8 nitrogen and oxygen atoms in total. The Bertz CT molecular complexity index is 1170. The molecule has 1 heterocycles. The van der Waals surface area contributed by atoms with Gasteiger partial charge in [-0.2, -0.15) is 18.2 Å². The Kier molecular flexibility index (Phi) is 6.86. The van der Waals surface area contributed by atoms with Gasteiger partial charge in [-0.1, -0.05) is 37.1 Å². The Labute approximate surface area is 194 Å². The van der Waals surface area contributed by atoms with Crippen LogP contribution in [0.15, 0.2) is 30.3 Å². The van der Waals surface area contributed by atoms with E-state index in [0.717, 1.165) is 47.6 Å². The van der Waals surface area contributed by atoms with Gasteiger partial charge in [0.15, 0.2) is 0 Å². The van der Waals surface area contributed by atoms with Crippen LogP contribution in [0.2, 0.25) is 0 Å². The van der Waals surface area contributed by atoms with E-state index in [1.807, 2.05) is 24.3 Å². The second-order valence-corrected chi connectivity index (χ2v) is 10.4. The Hall–Kier alpha value is -2.33. The number of unbranched alkanes of at least 4 members (excludes halogenated alkanes) is 1. The average Bonchev–Trinajstić information content (AvgIpc) is 3.28. The van der Waals surface area contributed by atoms with E-state index < -0.39 is 15.7 Å². The van der Waals surface area contributed by atoms with Crippen LogP contribution in [0.25, 0.3) is 10.8 Å². The van der Waals surface area contributed by atoms with Gasteiger partial charge in [0.05, 0.1) is 23.3 Å². The van der Waals surface area contributed by atoms with Crippen LogP contribution in [0.4, 0.5) is 0 Å². The van der Waals surface area contributed by atoms with Crippen LogP contribution in [-0.2, 0) is 36.0 Å². The molecule has 2 amide bonds. The van der Waals surface area contributed by atoms with Crippen LogP contribution in [0, 0.1) is 0 Å². The smallest absolute Gasteiger partial charge is 0.283 e. The summed E-state index contributed by atoms with van der Waals surface area (Å²) >= 11 is 0. The van der Waals surface area contributed by atoms with Gasteiger partial charge >= 0.3 is 0 Å². The number of hydrogen-bond acceptors (Lipinski definition) is 7. The zero-order chi connectivity index (χ0) is 23.6. The number of nitrogens with one attached hydrogen (secondary N) is 1. The van der Waals surface area contributed by atoms with Crippen LogP contribution < -0.4 is 5.48 Å². The molecule has 2 aromatic carbocycles. The van der Waals surface area contributed by atoms with Gasteiger partial charge in [0, 0.05) is 20.7 Å². The van der Waals surface area contributed by atoms with Gasteiger partial charge in [0.2, 0.25) is 5.91 Å². The molecule has 0 saturated heterocycles. The third-order valence-corrected chi connectivity index (χ3v) is 7.98. The molecule has 0 radical (unpaired) electrons. The molecule has 1 N–H and O–H groups in total. The molecule has 1 aliphatic heterocycles. The molecule has 1 aliphatic carbocycles. The minimum absolute atomic E-state index is 0.135. The molecule has 0 unspecified atom stereocenters. The largest absolute Gasteiger partial charge is 0.374 e. The topological polar surface area (TPSA) is 102 Å². The summed E-state index contributed by atoms with van der Waals surface area (Å²) in [5.41, 5.74) is 3.83. The molecule has 0 atom stereocenters. The highest BCUT2D eigenvalue weighted by molar-refractivity contribution is 7.86. The maximum Gasteiger partial charge on any atom is 0.283 e. The first-order valence-corrected chi connectivity index (χ1v) is 12.9. The standard InChI is InChI=1S/C24H30N2O6S/c1-25-32-33(29,30)14-8-7-13-26-21(27)16-19-18-10-4-3-9-17(18)15-20(22(19)23(26)28)24(31-2)11-5-6-12-24/h3-4,9-10,15,25H,5-8,11-14,16H2,1-2H3. The van der Waals surface area contributed by atoms with E-state index >= 15 is 0 Å². The maximum atomic E-state index is 13.7. The van der Waals surface area contributed by atoms with Crippen molar-refractivity contribution in [3.8, 4) is 0 Å². The Morgan fingerprint density at radius 1 is 1.12 bits per heavy atom. The summed E-state index contributed by atoms with van der Waals surface area (Å²) in [5.74, 6) is -0.773. The van der Waals surface area contributed by atoms with Crippen LogP contribution >= 0.6 is 0 Å². The quantitative estimate of drug-likeness (QED) is 0.339. The molecule has 1 saturated carbocycles. The molecule has 178 valence electrons. The number of rotatable bonds is 9. The third kappa shape index (κ3) is 4.55. The van der Waals surface area contributed by atoms with Crippen molar-refractivity contribution in [1.82, 2.24) is 10.4 Å². The van der Waals surface area contributed by atoms with Gasteiger partial charge < -0.3 is 4.74 Å². The van der Waals surface area contributed by atoms with Gasteiger partial charge in [-0.25, -0.2) is 0 Å². The highest BCUT2D eigenvalue weighted by Gasteiger charge is 2.43. The summed E-state index contributed by atoms with van der Waals surface area (Å²) in [6.45, 7) is 0.165. The fourth-order valence-electron chi connectivity index (χ4n) is 5.18. The van der Waals surface area contributed by atoms with Crippen LogP contribution in [0.1, 0.15) is 60.0 Å². The number of methoxy groups -OCH3 is 1. The fourth-order valence-corrected chi connectivity index (χ4v) is 6.07. The van der Waals surface area contributed by atoms with Crippen LogP contribution in [0.5, 0.6) is 0 Å². The number of fused-ring (bicyclic) bond motifs is 3. The summed E-state index contributed by atoms with van der Waals surface area (Å²) in [6.07, 6.45) is 4.50. The van der Waals surface area contributed by atoms with Crippen molar-refractivity contribution in [2.45, 2.75) is 50.5 Å². The molecule has 2 aliphatic rings. The van der Waals surface area contributed by atoms with Crippen molar-refractivity contribution in [2.75, 3.05) is 26.5 Å². The van der Waals surface area contributed by atoms with Gasteiger partial charge in [0.1, 0.15) is 0 Å². The first-order valence-electron chi connectivity index (χ1n) is 11.3. The third-order valence-electron chi connectivity index (χ3n) is 6.77. The monoisotopic (exact) mass is 474 g/mol. The number of benzene rings is 2. The predicted octanol–water partition coefficient (Wildman–Crippen LogP) is 3.04. The number of imide groups is 1. The normalized spacial score (nSPS) is 18.2. The van der Waals surface area contributed by atoms with Crippen molar-refractivity contribution < 1.29 is 27.0 Å². The van der Waals surface area contributed by atoms with Gasteiger partial charge in [0.25, 0.3) is 16.0 Å². The predicted molar refractivity (Wildman–Crippen MR) is 124 cm³/mol. The van der Waals surface area contributed by atoms with Crippen molar-refractivity contribution in [3.63, 3.8) is 0 Å². The molecule has 2 aromatic rings. The second kappa shape index (κ2) is 9.50. The van der Waals surface area contributed by atoms with E-state index in [1.165, 1.54) is 11.9 Å². The number of hydrogen-bond donors (Lipinski definition) is 1. The zero-order valence-corrected chi connectivity index (χ0v) is 19.9. The number of ether oxygens (including phenoxy) is 1. The first-order chi connectivity index (χ1) is 15.8. The van der Waals surface area contributed by atoms with Crippen LogP contribution in [0.3, 0.4) is 0 Å². The summed E-state index contributed by atoms with van der Waals surface area (Å²) in [5, 5.41) is 1.91. The maximum absolute atomic E-state index is 13.7.